The summed E-state index contributed by atoms with van der Waals surface area (Å²) < 4.78 is 5.79. The van der Waals surface area contributed by atoms with Crippen molar-refractivity contribution in [2.24, 2.45) is 0 Å². The van der Waals surface area contributed by atoms with Crippen LogP contribution in [0.2, 0.25) is 0 Å². The van der Waals surface area contributed by atoms with E-state index in [4.69, 9.17) is 4.74 Å². The second kappa shape index (κ2) is 9.73. The van der Waals surface area contributed by atoms with Gasteiger partial charge in [-0.2, -0.15) is 0 Å². The highest BCUT2D eigenvalue weighted by molar-refractivity contribution is 4.74. The standard InChI is InChI=1S/C14H31N3O/c1-4-6-15-12-14-13-17(10-11-18-14)9-8-16(3)7-5-2/h14-15H,4-13H2,1-3H3/t14-/m1/s1. The molecule has 18 heavy (non-hydrogen) atoms. The molecule has 0 unspecified atom stereocenters. The molecule has 0 radical (unpaired) electrons. The highest BCUT2D eigenvalue weighted by atomic mass is 16.5. The molecule has 4 nitrogen and oxygen atoms in total. The van der Waals surface area contributed by atoms with E-state index in [-0.39, 0.29) is 0 Å². The number of nitrogens with one attached hydrogen (secondary N) is 1. The fourth-order valence-corrected chi connectivity index (χ4v) is 2.35. The number of likely N-dealkylation sites (N-methyl/N-ethyl adjacent to an activating group) is 1. The van der Waals surface area contributed by atoms with E-state index < -0.39 is 0 Å². The summed E-state index contributed by atoms with van der Waals surface area (Å²) >= 11 is 0. The highest BCUT2D eigenvalue weighted by Crippen LogP contribution is 2.04. The molecule has 0 aromatic carbocycles. The SMILES string of the molecule is CCCNC[C@@H]1CN(CCN(C)CCC)CCO1. The van der Waals surface area contributed by atoms with Crippen LogP contribution in [0.3, 0.4) is 0 Å². The van der Waals surface area contributed by atoms with Crippen LogP contribution in [-0.4, -0.2) is 75.4 Å². The van der Waals surface area contributed by atoms with Crippen molar-refractivity contribution in [3.05, 3.63) is 0 Å². The number of rotatable bonds is 9. The molecule has 1 fully saturated rings. The smallest absolute Gasteiger partial charge is 0.0826 e. The van der Waals surface area contributed by atoms with Crippen molar-refractivity contribution in [3.63, 3.8) is 0 Å². The molecule has 0 aliphatic carbocycles. The summed E-state index contributed by atoms with van der Waals surface area (Å²) in [6, 6.07) is 0. The number of nitrogens with zero attached hydrogens (tertiary/aromatic N) is 2. The summed E-state index contributed by atoms with van der Waals surface area (Å²) in [5.74, 6) is 0. The van der Waals surface area contributed by atoms with Crippen LogP contribution in [0, 0.1) is 0 Å². The largest absolute Gasteiger partial charge is 0.374 e. The Bertz CT molecular complexity index is 201. The predicted octanol–water partition coefficient (Wildman–Crippen LogP) is 1.03. The summed E-state index contributed by atoms with van der Waals surface area (Å²) in [6.07, 6.45) is 2.81. The van der Waals surface area contributed by atoms with Crippen molar-refractivity contribution >= 4 is 0 Å². The van der Waals surface area contributed by atoms with Crippen LogP contribution in [0.25, 0.3) is 0 Å². The molecule has 0 bridgehead atoms. The van der Waals surface area contributed by atoms with Crippen LogP contribution in [0.4, 0.5) is 0 Å². The molecule has 0 aromatic rings. The molecule has 0 aromatic heterocycles. The summed E-state index contributed by atoms with van der Waals surface area (Å²) in [5, 5.41) is 3.45. The molecule has 1 saturated heterocycles. The van der Waals surface area contributed by atoms with Gasteiger partial charge in [0.05, 0.1) is 12.7 Å². The first-order chi connectivity index (χ1) is 8.76. The van der Waals surface area contributed by atoms with Crippen molar-refractivity contribution in [1.29, 1.82) is 0 Å². The summed E-state index contributed by atoms with van der Waals surface area (Å²) in [4.78, 5) is 4.95. The Hall–Kier alpha value is -0.160. The zero-order valence-corrected chi connectivity index (χ0v) is 12.5. The molecule has 0 amide bonds. The lowest BCUT2D eigenvalue weighted by Crippen LogP contribution is -2.48. The van der Waals surface area contributed by atoms with Gasteiger partial charge in [0.15, 0.2) is 0 Å². The number of hydrogen-bond acceptors (Lipinski definition) is 4. The maximum Gasteiger partial charge on any atom is 0.0826 e. The quantitative estimate of drug-likeness (QED) is 0.624. The van der Waals surface area contributed by atoms with Gasteiger partial charge in [-0.1, -0.05) is 13.8 Å². The lowest BCUT2D eigenvalue weighted by atomic mass is 10.2. The van der Waals surface area contributed by atoms with E-state index in [0.29, 0.717) is 6.10 Å². The average molecular weight is 257 g/mol. The molecule has 1 aliphatic heterocycles. The number of morpholine rings is 1. The minimum absolute atomic E-state index is 0.377. The first-order valence-corrected chi connectivity index (χ1v) is 7.49. The Morgan fingerprint density at radius 3 is 2.83 bits per heavy atom. The van der Waals surface area contributed by atoms with Crippen LogP contribution < -0.4 is 5.32 Å². The Labute approximate surface area is 113 Å². The molecule has 4 heteroatoms. The number of hydrogen-bond donors (Lipinski definition) is 1. The van der Waals surface area contributed by atoms with Gasteiger partial charge in [-0.05, 0) is 33.0 Å². The van der Waals surface area contributed by atoms with Crippen LogP contribution in [0.1, 0.15) is 26.7 Å². The van der Waals surface area contributed by atoms with Gasteiger partial charge in [-0.15, -0.1) is 0 Å². The Morgan fingerprint density at radius 1 is 1.28 bits per heavy atom. The van der Waals surface area contributed by atoms with Crippen LogP contribution >= 0.6 is 0 Å². The molecule has 0 spiro atoms. The summed E-state index contributed by atoms with van der Waals surface area (Å²) in [5.41, 5.74) is 0. The van der Waals surface area contributed by atoms with Crippen molar-refractivity contribution in [1.82, 2.24) is 15.1 Å². The fraction of sp³-hybridized carbons (Fsp3) is 1.00. The van der Waals surface area contributed by atoms with E-state index in [1.54, 1.807) is 0 Å². The number of ether oxygens (including phenoxy) is 1. The first-order valence-electron chi connectivity index (χ1n) is 7.49. The maximum atomic E-state index is 5.79. The third kappa shape index (κ3) is 6.69. The van der Waals surface area contributed by atoms with Gasteiger partial charge in [0.1, 0.15) is 0 Å². The highest BCUT2D eigenvalue weighted by Gasteiger charge is 2.19. The van der Waals surface area contributed by atoms with Crippen LogP contribution in [0.15, 0.2) is 0 Å². The average Bonchev–Trinajstić information content (AvgIpc) is 2.38. The molecule has 1 heterocycles. The van der Waals surface area contributed by atoms with Crippen LogP contribution in [0.5, 0.6) is 0 Å². The summed E-state index contributed by atoms with van der Waals surface area (Å²) in [7, 11) is 2.21. The van der Waals surface area contributed by atoms with Crippen molar-refractivity contribution in [3.8, 4) is 0 Å². The van der Waals surface area contributed by atoms with E-state index in [1.807, 2.05) is 0 Å². The van der Waals surface area contributed by atoms with E-state index in [9.17, 15) is 0 Å². The minimum Gasteiger partial charge on any atom is -0.374 e. The third-order valence-corrected chi connectivity index (χ3v) is 3.42. The Morgan fingerprint density at radius 2 is 2.11 bits per heavy atom. The van der Waals surface area contributed by atoms with Gasteiger partial charge in [-0.3, -0.25) is 4.90 Å². The Balaban J connectivity index is 2.14. The normalized spacial score (nSPS) is 21.7. The monoisotopic (exact) mass is 257 g/mol. The second-order valence-corrected chi connectivity index (χ2v) is 5.30. The summed E-state index contributed by atoms with van der Waals surface area (Å²) in [6.45, 7) is 13.1. The molecule has 1 N–H and O–H groups in total. The van der Waals surface area contributed by atoms with Crippen molar-refractivity contribution < 1.29 is 4.74 Å². The maximum absolute atomic E-state index is 5.79. The van der Waals surface area contributed by atoms with Crippen molar-refractivity contribution in [2.75, 3.05) is 59.5 Å². The predicted molar refractivity (Wildman–Crippen MR) is 77.1 cm³/mol. The van der Waals surface area contributed by atoms with Gasteiger partial charge < -0.3 is 15.0 Å². The van der Waals surface area contributed by atoms with E-state index >= 15 is 0 Å². The van der Waals surface area contributed by atoms with E-state index in [2.05, 4.69) is 36.0 Å². The topological polar surface area (TPSA) is 27.7 Å². The van der Waals surface area contributed by atoms with Gasteiger partial charge in [0.2, 0.25) is 0 Å². The van der Waals surface area contributed by atoms with Crippen LogP contribution in [-0.2, 0) is 4.74 Å². The van der Waals surface area contributed by atoms with Gasteiger partial charge in [0, 0.05) is 32.7 Å². The molecular formula is C14H31N3O. The fourth-order valence-electron chi connectivity index (χ4n) is 2.35. The van der Waals surface area contributed by atoms with Gasteiger partial charge in [-0.25, -0.2) is 0 Å². The second-order valence-electron chi connectivity index (χ2n) is 5.30. The molecule has 108 valence electrons. The third-order valence-electron chi connectivity index (χ3n) is 3.42. The van der Waals surface area contributed by atoms with Gasteiger partial charge >= 0.3 is 0 Å². The first kappa shape index (κ1) is 15.9. The zero-order valence-electron chi connectivity index (χ0n) is 12.5. The molecule has 1 rings (SSSR count). The van der Waals surface area contributed by atoms with E-state index in [1.165, 1.54) is 32.5 Å². The Kier molecular flexibility index (Phi) is 8.59. The lowest BCUT2D eigenvalue weighted by Gasteiger charge is -2.34. The minimum atomic E-state index is 0.377. The van der Waals surface area contributed by atoms with E-state index in [0.717, 1.165) is 32.8 Å². The van der Waals surface area contributed by atoms with Crippen molar-refractivity contribution in [2.45, 2.75) is 32.8 Å². The molecular weight excluding hydrogens is 226 g/mol. The molecule has 1 atom stereocenters. The zero-order chi connectivity index (χ0) is 13.2. The molecule has 0 saturated carbocycles. The molecule has 1 aliphatic rings. The lowest BCUT2D eigenvalue weighted by molar-refractivity contribution is -0.0285. The van der Waals surface area contributed by atoms with Gasteiger partial charge in [0.25, 0.3) is 0 Å².